The van der Waals surface area contributed by atoms with Gasteiger partial charge in [0.05, 0.1) is 5.38 Å². The van der Waals surface area contributed by atoms with Gasteiger partial charge < -0.3 is 0 Å². The molecule has 1 fully saturated rings. The fourth-order valence-electron chi connectivity index (χ4n) is 3.16. The zero-order valence-electron chi connectivity index (χ0n) is 12.9. The largest absolute Gasteiger partial charge is 0.412 e. The average Bonchev–Trinajstić information content (AvgIpc) is 2.43. The van der Waals surface area contributed by atoms with Crippen LogP contribution >= 0.6 is 11.6 Å². The van der Waals surface area contributed by atoms with Crippen LogP contribution in [0.3, 0.4) is 0 Å². The molecule has 1 aliphatic heterocycles. The molecule has 1 aliphatic carbocycles. The second-order valence-corrected chi connectivity index (χ2v) is 7.10. The lowest BCUT2D eigenvalue weighted by Gasteiger charge is -2.34. The summed E-state index contributed by atoms with van der Waals surface area (Å²) >= 11 is 5.75. The molecule has 1 atom stereocenters. The predicted octanol–water partition coefficient (Wildman–Crippen LogP) is 5.08. The summed E-state index contributed by atoms with van der Waals surface area (Å²) in [4.78, 5) is 2.02. The van der Waals surface area contributed by atoms with Crippen molar-refractivity contribution in [2.75, 3.05) is 19.6 Å². The summed E-state index contributed by atoms with van der Waals surface area (Å²) in [7, 11) is 0. The molecule has 1 saturated heterocycles. The van der Waals surface area contributed by atoms with Gasteiger partial charge in [-0.15, -0.1) is 11.6 Å². The molecule has 0 N–H and O–H groups in total. The number of allylic oxidation sites excluding steroid dienone is 2. The third-order valence-corrected chi connectivity index (χ3v) is 5.01. The van der Waals surface area contributed by atoms with Crippen LogP contribution in [-0.4, -0.2) is 36.1 Å². The Balaban J connectivity index is 2.05. The first-order valence-electron chi connectivity index (χ1n) is 7.71. The first-order chi connectivity index (χ1) is 10.2. The van der Waals surface area contributed by atoms with E-state index in [9.17, 15) is 17.6 Å². The van der Waals surface area contributed by atoms with Crippen LogP contribution in [0.1, 0.15) is 33.1 Å². The van der Waals surface area contributed by atoms with Gasteiger partial charge >= 0.3 is 6.18 Å². The van der Waals surface area contributed by atoms with Crippen LogP contribution < -0.4 is 0 Å². The summed E-state index contributed by atoms with van der Waals surface area (Å²) in [5.41, 5.74) is -0.650. The van der Waals surface area contributed by atoms with Gasteiger partial charge in [-0.1, -0.05) is 13.8 Å². The maximum absolute atomic E-state index is 14.1. The summed E-state index contributed by atoms with van der Waals surface area (Å²) in [5, 5.41) is -1.20. The minimum Gasteiger partial charge on any atom is -0.299 e. The Kier molecular flexibility index (Phi) is 5.59. The van der Waals surface area contributed by atoms with Gasteiger partial charge in [-0.25, -0.2) is 4.39 Å². The number of halogens is 5. The van der Waals surface area contributed by atoms with Crippen LogP contribution in [0, 0.1) is 11.8 Å². The fourth-order valence-corrected chi connectivity index (χ4v) is 3.47. The molecule has 126 valence electrons. The molecule has 0 aromatic rings. The maximum atomic E-state index is 14.1. The molecule has 0 saturated carbocycles. The molecule has 0 radical (unpaired) electrons. The first-order valence-corrected chi connectivity index (χ1v) is 8.15. The third-order valence-electron chi connectivity index (χ3n) is 4.66. The monoisotopic (exact) mass is 339 g/mol. The van der Waals surface area contributed by atoms with Crippen LogP contribution in [0.4, 0.5) is 17.6 Å². The van der Waals surface area contributed by atoms with E-state index in [2.05, 4.69) is 13.8 Å². The van der Waals surface area contributed by atoms with Crippen LogP contribution in [0.15, 0.2) is 23.0 Å². The molecule has 0 spiro atoms. The van der Waals surface area contributed by atoms with Gasteiger partial charge in [0.1, 0.15) is 5.83 Å². The standard InChI is InChI=1S/C16H22ClF4N/c1-10(2)11-3-5-22(6-4-11)9-12-7-13(16(19,20)21)8-14(17)15(12)18/h7,10-11,14H,3-6,8-9H2,1-2H3. The molecule has 0 amide bonds. The average molecular weight is 340 g/mol. The number of nitrogens with zero attached hydrogens (tertiary/aromatic N) is 1. The third kappa shape index (κ3) is 4.25. The van der Waals surface area contributed by atoms with Crippen molar-refractivity contribution in [2.45, 2.75) is 44.7 Å². The lowest BCUT2D eigenvalue weighted by atomic mass is 9.86. The van der Waals surface area contributed by atoms with E-state index in [0.29, 0.717) is 11.8 Å². The summed E-state index contributed by atoms with van der Waals surface area (Å²) in [5.74, 6) is 0.640. The van der Waals surface area contributed by atoms with E-state index in [-0.39, 0.29) is 12.1 Å². The SMILES string of the molecule is CC(C)C1CCN(CC2=C(F)C(Cl)CC(C(F)(F)F)=C2)CC1. The second-order valence-electron chi connectivity index (χ2n) is 6.57. The topological polar surface area (TPSA) is 3.24 Å². The van der Waals surface area contributed by atoms with E-state index in [1.807, 2.05) is 4.90 Å². The Morgan fingerprint density at radius 3 is 2.36 bits per heavy atom. The van der Waals surface area contributed by atoms with E-state index in [1.165, 1.54) is 0 Å². The van der Waals surface area contributed by atoms with Crippen molar-refractivity contribution in [3.05, 3.63) is 23.0 Å². The summed E-state index contributed by atoms with van der Waals surface area (Å²) in [6, 6.07) is 0. The lowest BCUT2D eigenvalue weighted by molar-refractivity contribution is -0.0942. The molecule has 6 heteroatoms. The van der Waals surface area contributed by atoms with Crippen LogP contribution in [0.2, 0.25) is 0 Å². The van der Waals surface area contributed by atoms with Crippen molar-refractivity contribution in [3.63, 3.8) is 0 Å². The highest BCUT2D eigenvalue weighted by Crippen LogP contribution is 2.38. The Bertz CT molecular complexity index is 459. The quantitative estimate of drug-likeness (QED) is 0.512. The van der Waals surface area contributed by atoms with Gasteiger partial charge in [0.25, 0.3) is 0 Å². The van der Waals surface area contributed by atoms with E-state index < -0.39 is 29.4 Å². The maximum Gasteiger partial charge on any atom is 0.412 e. The summed E-state index contributed by atoms with van der Waals surface area (Å²) in [6.07, 6.45) is -1.97. The normalized spacial score (nSPS) is 25.8. The van der Waals surface area contributed by atoms with Crippen molar-refractivity contribution in [3.8, 4) is 0 Å². The summed E-state index contributed by atoms with van der Waals surface area (Å²) in [6.45, 7) is 6.16. The van der Waals surface area contributed by atoms with E-state index >= 15 is 0 Å². The lowest BCUT2D eigenvalue weighted by Crippen LogP contribution is -2.37. The van der Waals surface area contributed by atoms with Gasteiger partial charge in [0, 0.05) is 18.5 Å². The zero-order chi connectivity index (χ0) is 16.5. The molecular formula is C16H22ClF4N. The van der Waals surface area contributed by atoms with Crippen LogP contribution in [0.25, 0.3) is 0 Å². The van der Waals surface area contributed by atoms with Gasteiger partial charge in [-0.2, -0.15) is 13.2 Å². The molecule has 0 aromatic carbocycles. The zero-order valence-corrected chi connectivity index (χ0v) is 13.6. The van der Waals surface area contributed by atoms with Gasteiger partial charge in [0.2, 0.25) is 0 Å². The van der Waals surface area contributed by atoms with Gasteiger partial charge in [0.15, 0.2) is 0 Å². The van der Waals surface area contributed by atoms with Crippen LogP contribution in [0.5, 0.6) is 0 Å². The number of piperidine rings is 1. The van der Waals surface area contributed by atoms with E-state index in [0.717, 1.165) is 32.0 Å². The van der Waals surface area contributed by atoms with Crippen molar-refractivity contribution in [1.82, 2.24) is 4.90 Å². The van der Waals surface area contributed by atoms with Crippen molar-refractivity contribution < 1.29 is 17.6 Å². The molecule has 2 aliphatic rings. The number of hydrogen-bond donors (Lipinski definition) is 0. The van der Waals surface area contributed by atoms with Crippen molar-refractivity contribution in [1.29, 1.82) is 0 Å². The fraction of sp³-hybridized carbons (Fsp3) is 0.750. The Hall–Kier alpha value is -0.550. The van der Waals surface area contributed by atoms with Gasteiger partial charge in [-0.3, -0.25) is 4.90 Å². The number of rotatable bonds is 3. The number of likely N-dealkylation sites (tertiary alicyclic amines) is 1. The van der Waals surface area contributed by atoms with Crippen molar-refractivity contribution in [2.24, 2.45) is 11.8 Å². The molecule has 0 bridgehead atoms. The number of hydrogen-bond acceptors (Lipinski definition) is 1. The Morgan fingerprint density at radius 1 is 1.27 bits per heavy atom. The van der Waals surface area contributed by atoms with Crippen LogP contribution in [-0.2, 0) is 0 Å². The minimum absolute atomic E-state index is 0.0848. The Labute approximate surface area is 134 Å². The highest BCUT2D eigenvalue weighted by molar-refractivity contribution is 6.22. The van der Waals surface area contributed by atoms with E-state index in [4.69, 9.17) is 11.6 Å². The molecule has 0 aromatic heterocycles. The molecular weight excluding hydrogens is 318 g/mol. The smallest absolute Gasteiger partial charge is 0.299 e. The molecule has 22 heavy (non-hydrogen) atoms. The Morgan fingerprint density at radius 2 is 1.86 bits per heavy atom. The highest BCUT2D eigenvalue weighted by atomic mass is 35.5. The molecule has 1 unspecified atom stereocenters. The predicted molar refractivity (Wildman–Crippen MR) is 80.5 cm³/mol. The first kappa shape index (κ1) is 17.8. The molecule has 1 nitrogen and oxygen atoms in total. The van der Waals surface area contributed by atoms with Crippen molar-refractivity contribution >= 4 is 11.6 Å². The summed E-state index contributed by atoms with van der Waals surface area (Å²) < 4.78 is 52.6. The second kappa shape index (κ2) is 6.91. The molecule has 1 heterocycles. The van der Waals surface area contributed by atoms with E-state index in [1.54, 1.807) is 0 Å². The van der Waals surface area contributed by atoms with Gasteiger partial charge in [-0.05, 0) is 49.4 Å². The molecule has 2 rings (SSSR count). The minimum atomic E-state index is -4.44. The number of alkyl halides is 4. The highest BCUT2D eigenvalue weighted by Gasteiger charge is 2.38.